The molecule has 1 aromatic heterocycles. The predicted octanol–water partition coefficient (Wildman–Crippen LogP) is 2.52. The van der Waals surface area contributed by atoms with Gasteiger partial charge >= 0.3 is 5.97 Å². The Bertz CT molecular complexity index is 1450. The highest BCUT2D eigenvalue weighted by Gasteiger charge is 2.33. The summed E-state index contributed by atoms with van der Waals surface area (Å²) in [6.45, 7) is 3.66. The number of allylic oxidation sites excluding steroid dienone is 1. The van der Waals surface area contributed by atoms with Crippen LogP contribution in [0, 0.1) is 0 Å². The molecule has 1 aliphatic heterocycles. The van der Waals surface area contributed by atoms with Crippen LogP contribution in [0.2, 0.25) is 0 Å². The van der Waals surface area contributed by atoms with Gasteiger partial charge in [-0.05, 0) is 55.3 Å². The van der Waals surface area contributed by atoms with Crippen LogP contribution in [0.3, 0.4) is 0 Å². The lowest BCUT2D eigenvalue weighted by Gasteiger charge is -2.25. The van der Waals surface area contributed by atoms with Gasteiger partial charge in [0.2, 0.25) is 0 Å². The minimum atomic E-state index is -0.753. The lowest BCUT2D eigenvalue weighted by Crippen LogP contribution is -2.39. The number of fused-ring (bicyclic) bond motifs is 1. The van der Waals surface area contributed by atoms with E-state index in [1.54, 1.807) is 62.4 Å². The first-order chi connectivity index (χ1) is 16.4. The number of methoxy groups -OCH3 is 2. The summed E-state index contributed by atoms with van der Waals surface area (Å²) in [7, 11) is 3.07. The lowest BCUT2D eigenvalue weighted by atomic mass is 9.95. The number of carbonyl (C=O) groups is 1. The molecule has 2 heterocycles. The van der Waals surface area contributed by atoms with Crippen LogP contribution in [0.4, 0.5) is 0 Å². The molecule has 0 aliphatic carbocycles. The fourth-order valence-electron chi connectivity index (χ4n) is 3.85. The third kappa shape index (κ3) is 4.22. The SMILES string of the molecule is CCOC(=O)C1=C(C)N=c2sc(=Cc3ccc(O)cc3)c(=O)n2[C@@H]1c1ccc(OC)c(OC)c1. The summed E-state index contributed by atoms with van der Waals surface area (Å²) >= 11 is 1.23. The van der Waals surface area contributed by atoms with Gasteiger partial charge < -0.3 is 19.3 Å². The van der Waals surface area contributed by atoms with Crippen LogP contribution in [0.1, 0.15) is 31.0 Å². The van der Waals surface area contributed by atoms with Crippen molar-refractivity contribution in [2.75, 3.05) is 20.8 Å². The highest BCUT2D eigenvalue weighted by molar-refractivity contribution is 7.07. The number of esters is 1. The molecule has 1 aliphatic rings. The molecule has 0 unspecified atom stereocenters. The molecule has 1 atom stereocenters. The van der Waals surface area contributed by atoms with Crippen LogP contribution in [-0.2, 0) is 9.53 Å². The highest BCUT2D eigenvalue weighted by atomic mass is 32.1. The third-order valence-corrected chi connectivity index (χ3v) is 6.41. The molecule has 4 rings (SSSR count). The summed E-state index contributed by atoms with van der Waals surface area (Å²) in [5.74, 6) is 0.617. The Balaban J connectivity index is 1.96. The summed E-state index contributed by atoms with van der Waals surface area (Å²) < 4.78 is 18.1. The summed E-state index contributed by atoms with van der Waals surface area (Å²) in [4.78, 5) is 31.6. The van der Waals surface area contributed by atoms with Crippen molar-refractivity contribution < 1.29 is 24.1 Å². The van der Waals surface area contributed by atoms with Crippen molar-refractivity contribution in [3.8, 4) is 17.2 Å². The number of ether oxygens (including phenoxy) is 3. The molecule has 2 aromatic carbocycles. The zero-order chi connectivity index (χ0) is 24.4. The molecule has 0 saturated carbocycles. The number of thiazole rings is 1. The number of aromatic nitrogens is 1. The van der Waals surface area contributed by atoms with Crippen LogP contribution in [0.5, 0.6) is 17.2 Å². The Morgan fingerprint density at radius 1 is 1.15 bits per heavy atom. The number of rotatable bonds is 6. The molecule has 0 spiro atoms. The second-order valence-corrected chi connectivity index (χ2v) is 8.52. The van der Waals surface area contributed by atoms with Crippen molar-refractivity contribution in [3.05, 3.63) is 84.5 Å². The maximum atomic E-state index is 13.6. The minimum Gasteiger partial charge on any atom is -0.508 e. The van der Waals surface area contributed by atoms with Gasteiger partial charge in [-0.25, -0.2) is 9.79 Å². The fraction of sp³-hybridized carbons (Fsp3) is 0.240. The van der Waals surface area contributed by atoms with Crippen molar-refractivity contribution in [1.29, 1.82) is 0 Å². The Morgan fingerprint density at radius 3 is 2.50 bits per heavy atom. The van der Waals surface area contributed by atoms with Gasteiger partial charge in [-0.3, -0.25) is 9.36 Å². The number of phenolic OH excluding ortho intramolecular Hbond substituents is 1. The summed E-state index contributed by atoms with van der Waals surface area (Å²) in [6, 6.07) is 11.1. The molecule has 1 N–H and O–H groups in total. The highest BCUT2D eigenvalue weighted by Crippen LogP contribution is 2.36. The lowest BCUT2D eigenvalue weighted by molar-refractivity contribution is -0.139. The Hall–Kier alpha value is -3.85. The standard InChI is InChI=1S/C25H24N2O6S/c1-5-33-24(30)21-14(2)26-25-27(22(21)16-8-11-18(31-3)19(13-16)32-4)23(29)20(34-25)12-15-6-9-17(28)10-7-15/h6-13,22,28H,5H2,1-4H3/t22-/m1/s1. The van der Waals surface area contributed by atoms with E-state index in [0.29, 0.717) is 32.1 Å². The quantitative estimate of drug-likeness (QED) is 0.545. The van der Waals surface area contributed by atoms with E-state index in [9.17, 15) is 14.7 Å². The number of hydrogen-bond acceptors (Lipinski definition) is 8. The van der Waals surface area contributed by atoms with E-state index in [-0.39, 0.29) is 23.5 Å². The number of hydrogen-bond donors (Lipinski definition) is 1. The monoisotopic (exact) mass is 480 g/mol. The topological polar surface area (TPSA) is 99.4 Å². The molecule has 34 heavy (non-hydrogen) atoms. The van der Waals surface area contributed by atoms with Gasteiger partial charge in [0.05, 0.1) is 42.7 Å². The van der Waals surface area contributed by atoms with Crippen molar-refractivity contribution in [2.45, 2.75) is 19.9 Å². The zero-order valence-electron chi connectivity index (χ0n) is 19.2. The van der Waals surface area contributed by atoms with E-state index >= 15 is 0 Å². The first-order valence-electron chi connectivity index (χ1n) is 10.6. The molecule has 0 radical (unpaired) electrons. The first-order valence-corrected chi connectivity index (χ1v) is 11.4. The van der Waals surface area contributed by atoms with Crippen LogP contribution < -0.4 is 24.4 Å². The van der Waals surface area contributed by atoms with Crippen LogP contribution in [0.25, 0.3) is 6.08 Å². The van der Waals surface area contributed by atoms with E-state index in [0.717, 1.165) is 5.56 Å². The number of aromatic hydroxyl groups is 1. The number of carbonyl (C=O) groups excluding carboxylic acids is 1. The van der Waals surface area contributed by atoms with E-state index in [4.69, 9.17) is 14.2 Å². The van der Waals surface area contributed by atoms with Crippen molar-refractivity contribution in [1.82, 2.24) is 4.57 Å². The number of benzene rings is 2. The van der Waals surface area contributed by atoms with Crippen molar-refractivity contribution >= 4 is 23.4 Å². The van der Waals surface area contributed by atoms with E-state index in [1.165, 1.54) is 30.1 Å². The molecule has 0 saturated heterocycles. The minimum absolute atomic E-state index is 0.141. The summed E-state index contributed by atoms with van der Waals surface area (Å²) in [5.41, 5.74) is 1.90. The van der Waals surface area contributed by atoms with E-state index in [2.05, 4.69) is 4.99 Å². The molecular weight excluding hydrogens is 456 g/mol. The first kappa shape index (κ1) is 23.3. The summed E-state index contributed by atoms with van der Waals surface area (Å²) in [5, 5.41) is 9.54. The second kappa shape index (κ2) is 9.56. The molecule has 9 heteroatoms. The maximum Gasteiger partial charge on any atom is 0.338 e. The molecular formula is C25H24N2O6S. The second-order valence-electron chi connectivity index (χ2n) is 7.51. The molecule has 3 aromatic rings. The van der Waals surface area contributed by atoms with Gasteiger partial charge in [-0.15, -0.1) is 0 Å². The predicted molar refractivity (Wildman–Crippen MR) is 128 cm³/mol. The van der Waals surface area contributed by atoms with Gasteiger partial charge in [-0.2, -0.15) is 0 Å². The Kier molecular flexibility index (Phi) is 6.56. The zero-order valence-corrected chi connectivity index (χ0v) is 20.0. The fourth-order valence-corrected chi connectivity index (χ4v) is 4.90. The Labute approximate surface area is 199 Å². The molecule has 0 amide bonds. The molecule has 0 bridgehead atoms. The van der Waals surface area contributed by atoms with E-state index in [1.807, 2.05) is 0 Å². The Morgan fingerprint density at radius 2 is 1.85 bits per heavy atom. The van der Waals surface area contributed by atoms with E-state index < -0.39 is 12.0 Å². The van der Waals surface area contributed by atoms with Crippen molar-refractivity contribution in [2.24, 2.45) is 4.99 Å². The largest absolute Gasteiger partial charge is 0.508 e. The smallest absolute Gasteiger partial charge is 0.338 e. The summed E-state index contributed by atoms with van der Waals surface area (Å²) in [6.07, 6.45) is 1.73. The third-order valence-electron chi connectivity index (χ3n) is 5.43. The van der Waals surface area contributed by atoms with Gasteiger partial charge in [0.25, 0.3) is 5.56 Å². The van der Waals surface area contributed by atoms with Gasteiger partial charge in [0.15, 0.2) is 16.3 Å². The van der Waals surface area contributed by atoms with Crippen molar-refractivity contribution in [3.63, 3.8) is 0 Å². The molecule has 176 valence electrons. The number of nitrogens with zero attached hydrogens (tertiary/aromatic N) is 2. The van der Waals surface area contributed by atoms with Gasteiger partial charge in [0, 0.05) is 0 Å². The average molecular weight is 481 g/mol. The van der Waals surface area contributed by atoms with Gasteiger partial charge in [0.1, 0.15) is 5.75 Å². The van der Waals surface area contributed by atoms with Gasteiger partial charge in [-0.1, -0.05) is 29.5 Å². The average Bonchev–Trinajstić information content (AvgIpc) is 3.13. The molecule has 8 nitrogen and oxygen atoms in total. The van der Waals surface area contributed by atoms with Crippen LogP contribution in [-0.4, -0.2) is 36.5 Å². The van der Waals surface area contributed by atoms with Crippen LogP contribution >= 0.6 is 11.3 Å². The van der Waals surface area contributed by atoms with Crippen LogP contribution in [0.15, 0.2) is 63.5 Å². The number of phenols is 1. The molecule has 0 fully saturated rings. The maximum absolute atomic E-state index is 13.6. The normalized spacial score (nSPS) is 15.5.